The summed E-state index contributed by atoms with van der Waals surface area (Å²) in [7, 11) is 0. The maximum atomic E-state index is 12.6. The molecule has 0 fully saturated rings. The predicted octanol–water partition coefficient (Wildman–Crippen LogP) is 3.05. The number of nitrogens with zero attached hydrogens (tertiary/aromatic N) is 2. The molecule has 106 valence electrons. The van der Waals surface area contributed by atoms with Crippen LogP contribution in [0.5, 0.6) is 0 Å². The molecule has 2 rings (SSSR count). The third-order valence-electron chi connectivity index (χ3n) is 2.89. The van der Waals surface area contributed by atoms with Crippen LogP contribution in [0.15, 0.2) is 36.7 Å². The molecule has 1 unspecified atom stereocenters. The van der Waals surface area contributed by atoms with Crippen molar-refractivity contribution in [3.05, 3.63) is 59.2 Å². The molecule has 0 aliphatic rings. The van der Waals surface area contributed by atoms with E-state index in [-0.39, 0.29) is 6.42 Å². The number of benzene rings is 1. The topological polar surface area (TPSA) is 51.8 Å². The lowest BCUT2D eigenvalue weighted by Gasteiger charge is -2.13. The molecule has 0 amide bonds. The van der Waals surface area contributed by atoms with Crippen molar-refractivity contribution in [1.29, 1.82) is 0 Å². The summed E-state index contributed by atoms with van der Waals surface area (Å²) >= 11 is 0. The van der Waals surface area contributed by atoms with Gasteiger partial charge in [0.2, 0.25) is 0 Å². The van der Waals surface area contributed by atoms with Gasteiger partial charge in [0.05, 0.1) is 29.2 Å². The van der Waals surface area contributed by atoms with Crippen LogP contribution in [0.3, 0.4) is 0 Å². The molecule has 0 saturated heterocycles. The SMILES string of the molecule is Cc1cnc(C(N)Cc2cccc(C(F)(F)F)c2)cn1. The number of alkyl halides is 3. The summed E-state index contributed by atoms with van der Waals surface area (Å²) in [6, 6.07) is 4.68. The van der Waals surface area contributed by atoms with Crippen molar-refractivity contribution < 1.29 is 13.2 Å². The first kappa shape index (κ1) is 14.5. The third-order valence-corrected chi connectivity index (χ3v) is 2.89. The number of nitrogens with two attached hydrogens (primary N) is 1. The second-order valence-corrected chi connectivity index (χ2v) is 4.59. The zero-order chi connectivity index (χ0) is 14.8. The van der Waals surface area contributed by atoms with E-state index in [4.69, 9.17) is 5.73 Å². The van der Waals surface area contributed by atoms with Crippen molar-refractivity contribution in [2.24, 2.45) is 5.73 Å². The lowest BCUT2D eigenvalue weighted by atomic mass is 10.0. The standard InChI is InChI=1S/C14H14F3N3/c1-9-7-20-13(8-19-9)12(18)6-10-3-2-4-11(5-10)14(15,16)17/h2-5,7-8,12H,6,18H2,1H3. The van der Waals surface area contributed by atoms with Crippen LogP contribution >= 0.6 is 0 Å². The Morgan fingerprint density at radius 1 is 1.20 bits per heavy atom. The van der Waals surface area contributed by atoms with E-state index in [9.17, 15) is 13.2 Å². The molecule has 20 heavy (non-hydrogen) atoms. The lowest BCUT2D eigenvalue weighted by Crippen LogP contribution is -2.16. The van der Waals surface area contributed by atoms with E-state index in [0.717, 1.165) is 17.8 Å². The van der Waals surface area contributed by atoms with E-state index in [1.807, 2.05) is 0 Å². The Bertz CT molecular complexity index is 579. The van der Waals surface area contributed by atoms with Gasteiger partial charge in [0, 0.05) is 6.20 Å². The maximum Gasteiger partial charge on any atom is 0.416 e. The Kier molecular flexibility index (Phi) is 4.04. The van der Waals surface area contributed by atoms with Crippen LogP contribution in [0.2, 0.25) is 0 Å². The molecule has 0 spiro atoms. The Morgan fingerprint density at radius 2 is 1.95 bits per heavy atom. The largest absolute Gasteiger partial charge is 0.416 e. The molecule has 0 aliphatic carbocycles. The third kappa shape index (κ3) is 3.54. The summed E-state index contributed by atoms with van der Waals surface area (Å²) in [6.45, 7) is 1.80. The quantitative estimate of drug-likeness (QED) is 0.940. The maximum absolute atomic E-state index is 12.6. The van der Waals surface area contributed by atoms with E-state index in [1.165, 1.54) is 6.07 Å². The van der Waals surface area contributed by atoms with Crippen LogP contribution in [-0.4, -0.2) is 9.97 Å². The second-order valence-electron chi connectivity index (χ2n) is 4.59. The molecule has 0 bridgehead atoms. The second kappa shape index (κ2) is 5.58. The van der Waals surface area contributed by atoms with Gasteiger partial charge in [-0.05, 0) is 25.0 Å². The van der Waals surface area contributed by atoms with Crippen molar-refractivity contribution in [2.45, 2.75) is 25.6 Å². The fourth-order valence-corrected chi connectivity index (χ4v) is 1.83. The van der Waals surface area contributed by atoms with E-state index in [1.54, 1.807) is 25.4 Å². The van der Waals surface area contributed by atoms with E-state index in [0.29, 0.717) is 11.3 Å². The molecule has 3 nitrogen and oxygen atoms in total. The molecule has 1 aromatic heterocycles. The minimum atomic E-state index is -4.34. The summed E-state index contributed by atoms with van der Waals surface area (Å²) < 4.78 is 37.9. The van der Waals surface area contributed by atoms with Crippen LogP contribution in [0.25, 0.3) is 0 Å². The Hall–Kier alpha value is -1.95. The van der Waals surface area contributed by atoms with Crippen LogP contribution in [0.4, 0.5) is 13.2 Å². The monoisotopic (exact) mass is 281 g/mol. The molecule has 0 radical (unpaired) electrons. The number of halogens is 3. The molecule has 2 N–H and O–H groups in total. The number of hydrogen-bond acceptors (Lipinski definition) is 3. The van der Waals surface area contributed by atoms with E-state index >= 15 is 0 Å². The number of hydrogen-bond donors (Lipinski definition) is 1. The van der Waals surface area contributed by atoms with Crippen molar-refractivity contribution in [1.82, 2.24) is 9.97 Å². The highest BCUT2D eigenvalue weighted by Gasteiger charge is 2.30. The van der Waals surface area contributed by atoms with Crippen LogP contribution < -0.4 is 5.73 Å². The van der Waals surface area contributed by atoms with Gasteiger partial charge < -0.3 is 5.73 Å². The zero-order valence-electron chi connectivity index (χ0n) is 10.9. The predicted molar refractivity (Wildman–Crippen MR) is 68.8 cm³/mol. The molecule has 1 aromatic carbocycles. The molecule has 6 heteroatoms. The summed E-state index contributed by atoms with van der Waals surface area (Å²) in [5, 5.41) is 0. The Morgan fingerprint density at radius 3 is 2.55 bits per heavy atom. The summed E-state index contributed by atoms with van der Waals surface area (Å²) in [6.07, 6.45) is -0.930. The summed E-state index contributed by atoms with van der Waals surface area (Å²) in [4.78, 5) is 8.21. The van der Waals surface area contributed by atoms with Gasteiger partial charge in [0.15, 0.2) is 0 Å². The van der Waals surface area contributed by atoms with Gasteiger partial charge in [-0.1, -0.05) is 18.2 Å². The fraction of sp³-hybridized carbons (Fsp3) is 0.286. The average Bonchev–Trinajstić information content (AvgIpc) is 2.38. The Labute approximate surface area is 114 Å². The highest BCUT2D eigenvalue weighted by molar-refractivity contribution is 5.27. The van der Waals surface area contributed by atoms with Crippen molar-refractivity contribution in [3.8, 4) is 0 Å². The van der Waals surface area contributed by atoms with E-state index in [2.05, 4.69) is 9.97 Å². The highest BCUT2D eigenvalue weighted by Crippen LogP contribution is 2.30. The molecule has 2 aromatic rings. The molecule has 0 saturated carbocycles. The van der Waals surface area contributed by atoms with Crippen molar-refractivity contribution in [2.75, 3.05) is 0 Å². The van der Waals surface area contributed by atoms with Crippen LogP contribution in [0, 0.1) is 6.92 Å². The average molecular weight is 281 g/mol. The van der Waals surface area contributed by atoms with Gasteiger partial charge in [-0.3, -0.25) is 9.97 Å². The fourth-order valence-electron chi connectivity index (χ4n) is 1.83. The first-order valence-corrected chi connectivity index (χ1v) is 6.06. The van der Waals surface area contributed by atoms with Gasteiger partial charge in [-0.15, -0.1) is 0 Å². The zero-order valence-corrected chi connectivity index (χ0v) is 10.9. The number of rotatable bonds is 3. The molecule has 0 aliphatic heterocycles. The smallest absolute Gasteiger partial charge is 0.322 e. The normalized spacial score (nSPS) is 13.2. The minimum Gasteiger partial charge on any atom is -0.322 e. The van der Waals surface area contributed by atoms with Crippen LogP contribution in [0.1, 0.15) is 28.6 Å². The summed E-state index contributed by atoms with van der Waals surface area (Å²) in [5.41, 5.74) is 7.13. The van der Waals surface area contributed by atoms with Crippen LogP contribution in [-0.2, 0) is 12.6 Å². The molecular weight excluding hydrogens is 267 g/mol. The lowest BCUT2D eigenvalue weighted by molar-refractivity contribution is -0.137. The molecular formula is C14H14F3N3. The first-order chi connectivity index (χ1) is 9.36. The van der Waals surface area contributed by atoms with Gasteiger partial charge >= 0.3 is 6.18 Å². The summed E-state index contributed by atoms with van der Waals surface area (Å²) in [5.74, 6) is 0. The van der Waals surface area contributed by atoms with Crippen molar-refractivity contribution in [3.63, 3.8) is 0 Å². The van der Waals surface area contributed by atoms with E-state index < -0.39 is 17.8 Å². The first-order valence-electron chi connectivity index (χ1n) is 6.06. The molecule has 1 heterocycles. The van der Waals surface area contributed by atoms with Gasteiger partial charge in [-0.25, -0.2) is 0 Å². The number of aryl methyl sites for hydroxylation is 1. The van der Waals surface area contributed by atoms with Gasteiger partial charge in [-0.2, -0.15) is 13.2 Å². The molecule has 1 atom stereocenters. The minimum absolute atomic E-state index is 0.279. The highest BCUT2D eigenvalue weighted by atomic mass is 19.4. The Balaban J connectivity index is 2.15. The number of aromatic nitrogens is 2. The van der Waals surface area contributed by atoms with Gasteiger partial charge in [0.25, 0.3) is 0 Å². The van der Waals surface area contributed by atoms with Crippen molar-refractivity contribution >= 4 is 0 Å². The van der Waals surface area contributed by atoms with Gasteiger partial charge in [0.1, 0.15) is 0 Å².